The number of para-hydroxylation sites is 1. The lowest BCUT2D eigenvalue weighted by molar-refractivity contribution is -0.121. The van der Waals surface area contributed by atoms with E-state index in [1.807, 2.05) is 55.5 Å². The van der Waals surface area contributed by atoms with Crippen LogP contribution in [0.15, 0.2) is 64.7 Å². The molecule has 1 aliphatic rings. The Hall–Kier alpha value is -3.59. The third-order valence-electron chi connectivity index (χ3n) is 5.71. The molecule has 1 atom stereocenters. The number of nitrogens with one attached hydrogen (secondary N) is 1. The highest BCUT2D eigenvalue weighted by atomic mass is 32.2. The summed E-state index contributed by atoms with van der Waals surface area (Å²) in [5.41, 5.74) is 3.23. The van der Waals surface area contributed by atoms with Crippen LogP contribution in [0.1, 0.15) is 23.6 Å². The third kappa shape index (κ3) is 4.00. The van der Waals surface area contributed by atoms with E-state index in [9.17, 15) is 9.59 Å². The standard InChI is InChI=1S/C24H23N5O3S/c1-15-6-5-8-17(10-15)29-22-19(13-26-29)23(31)28-18(14-33-24(28)27-22)11-21(30)25-12-16-7-3-4-9-20(16)32-2/h3-10,13,18H,11-12,14H2,1-2H3,(H,25,30). The van der Waals surface area contributed by atoms with E-state index in [2.05, 4.69) is 10.4 Å². The van der Waals surface area contributed by atoms with Crippen molar-refractivity contribution in [1.29, 1.82) is 0 Å². The van der Waals surface area contributed by atoms with Gasteiger partial charge in [-0.3, -0.25) is 14.2 Å². The summed E-state index contributed by atoms with van der Waals surface area (Å²) in [6, 6.07) is 15.2. The number of aryl methyl sites for hydroxylation is 1. The second-order valence-corrected chi connectivity index (χ2v) is 8.95. The molecule has 3 heterocycles. The minimum atomic E-state index is -0.255. The van der Waals surface area contributed by atoms with E-state index in [1.54, 1.807) is 22.6 Å². The van der Waals surface area contributed by atoms with Crippen LogP contribution < -0.4 is 15.6 Å². The number of carbonyl (C=O) groups excluding carboxylic acids is 1. The number of ether oxygens (including phenoxy) is 1. The molecular weight excluding hydrogens is 438 g/mol. The van der Waals surface area contributed by atoms with Crippen LogP contribution >= 0.6 is 11.8 Å². The van der Waals surface area contributed by atoms with E-state index < -0.39 is 0 Å². The molecule has 1 amide bonds. The number of amides is 1. The van der Waals surface area contributed by atoms with E-state index in [0.29, 0.717) is 28.5 Å². The Kier molecular flexibility index (Phi) is 5.63. The Morgan fingerprint density at radius 1 is 1.24 bits per heavy atom. The van der Waals surface area contributed by atoms with Gasteiger partial charge in [0.05, 0.1) is 25.0 Å². The molecule has 9 heteroatoms. The second-order valence-electron chi connectivity index (χ2n) is 7.96. The molecule has 0 saturated heterocycles. The minimum absolute atomic E-state index is 0.123. The zero-order valence-electron chi connectivity index (χ0n) is 18.3. The zero-order valence-corrected chi connectivity index (χ0v) is 19.1. The number of rotatable bonds is 6. The van der Waals surface area contributed by atoms with E-state index in [4.69, 9.17) is 9.72 Å². The number of hydrogen-bond donors (Lipinski definition) is 1. The van der Waals surface area contributed by atoms with Crippen LogP contribution in [0, 0.1) is 6.92 Å². The van der Waals surface area contributed by atoms with E-state index in [1.165, 1.54) is 11.8 Å². The van der Waals surface area contributed by atoms with Gasteiger partial charge in [-0.25, -0.2) is 9.67 Å². The van der Waals surface area contributed by atoms with Crippen molar-refractivity contribution in [2.24, 2.45) is 0 Å². The first-order chi connectivity index (χ1) is 16.0. The smallest absolute Gasteiger partial charge is 0.265 e. The molecule has 2 aromatic carbocycles. The molecule has 8 nitrogen and oxygen atoms in total. The number of carbonyl (C=O) groups is 1. The van der Waals surface area contributed by atoms with Crippen LogP contribution in [0.3, 0.4) is 0 Å². The summed E-state index contributed by atoms with van der Waals surface area (Å²) >= 11 is 1.49. The highest BCUT2D eigenvalue weighted by molar-refractivity contribution is 7.99. The first-order valence-corrected chi connectivity index (χ1v) is 11.6. The molecule has 168 valence electrons. The quantitative estimate of drug-likeness (QED) is 0.443. The predicted octanol–water partition coefficient (Wildman–Crippen LogP) is 3.25. The van der Waals surface area contributed by atoms with Gasteiger partial charge in [-0.1, -0.05) is 42.1 Å². The van der Waals surface area contributed by atoms with Crippen LogP contribution in [0.5, 0.6) is 5.75 Å². The molecule has 0 bridgehead atoms. The summed E-state index contributed by atoms with van der Waals surface area (Å²) in [5, 5.41) is 8.41. The van der Waals surface area contributed by atoms with Gasteiger partial charge in [-0.05, 0) is 30.7 Å². The lowest BCUT2D eigenvalue weighted by atomic mass is 10.2. The average Bonchev–Trinajstić information content (AvgIpc) is 3.43. The summed E-state index contributed by atoms with van der Waals surface area (Å²) < 4.78 is 8.67. The monoisotopic (exact) mass is 461 g/mol. The predicted molar refractivity (Wildman–Crippen MR) is 127 cm³/mol. The average molecular weight is 462 g/mol. The summed E-state index contributed by atoms with van der Waals surface area (Å²) in [5.74, 6) is 1.23. The fraction of sp³-hybridized carbons (Fsp3) is 0.250. The van der Waals surface area contributed by atoms with Crippen molar-refractivity contribution in [3.8, 4) is 11.4 Å². The van der Waals surface area contributed by atoms with Gasteiger partial charge < -0.3 is 10.1 Å². The molecule has 0 radical (unpaired) electrons. The molecule has 0 aliphatic carbocycles. The minimum Gasteiger partial charge on any atom is -0.496 e. The van der Waals surface area contributed by atoms with Crippen molar-refractivity contribution in [3.63, 3.8) is 0 Å². The molecule has 5 rings (SSSR count). The van der Waals surface area contributed by atoms with E-state index >= 15 is 0 Å². The van der Waals surface area contributed by atoms with Crippen molar-refractivity contribution >= 4 is 28.7 Å². The van der Waals surface area contributed by atoms with Gasteiger partial charge >= 0.3 is 0 Å². The SMILES string of the molecule is COc1ccccc1CNC(=O)CC1CSc2nc3c(cnn3-c3cccc(C)c3)c(=O)n21. The van der Waals surface area contributed by atoms with Gasteiger partial charge in [0.1, 0.15) is 11.1 Å². The third-order valence-corrected chi connectivity index (χ3v) is 6.80. The van der Waals surface area contributed by atoms with Crippen molar-refractivity contribution < 1.29 is 9.53 Å². The number of fused-ring (bicyclic) bond motifs is 2. The van der Waals surface area contributed by atoms with Gasteiger partial charge in [-0.15, -0.1) is 0 Å². The van der Waals surface area contributed by atoms with E-state index in [-0.39, 0.29) is 23.9 Å². The molecule has 0 saturated carbocycles. The van der Waals surface area contributed by atoms with Gasteiger partial charge in [0.15, 0.2) is 10.8 Å². The molecule has 2 aromatic heterocycles. The Labute approximate surface area is 194 Å². The van der Waals surface area contributed by atoms with Crippen LogP contribution in [-0.4, -0.2) is 38.1 Å². The van der Waals surface area contributed by atoms with Crippen LogP contribution in [0.2, 0.25) is 0 Å². The number of aromatic nitrogens is 4. The first-order valence-electron chi connectivity index (χ1n) is 10.6. The molecule has 0 spiro atoms. The first kappa shape index (κ1) is 21.3. The summed E-state index contributed by atoms with van der Waals surface area (Å²) in [6.07, 6.45) is 1.76. The molecule has 0 fully saturated rings. The number of hydrogen-bond acceptors (Lipinski definition) is 6. The molecule has 4 aromatic rings. The summed E-state index contributed by atoms with van der Waals surface area (Å²) in [4.78, 5) is 30.7. The normalized spacial score (nSPS) is 14.9. The lowest BCUT2D eigenvalue weighted by Gasteiger charge is -2.14. The topological polar surface area (TPSA) is 91.0 Å². The Morgan fingerprint density at radius 3 is 2.91 bits per heavy atom. The largest absolute Gasteiger partial charge is 0.496 e. The van der Waals surface area contributed by atoms with Crippen molar-refractivity contribution in [3.05, 3.63) is 76.2 Å². The van der Waals surface area contributed by atoms with Crippen LogP contribution in [-0.2, 0) is 11.3 Å². The highest BCUT2D eigenvalue weighted by Crippen LogP contribution is 2.33. The van der Waals surface area contributed by atoms with Gasteiger partial charge in [0.2, 0.25) is 5.91 Å². The fourth-order valence-electron chi connectivity index (χ4n) is 4.06. The molecule has 33 heavy (non-hydrogen) atoms. The van der Waals surface area contributed by atoms with Crippen molar-refractivity contribution in [2.75, 3.05) is 12.9 Å². The maximum Gasteiger partial charge on any atom is 0.265 e. The highest BCUT2D eigenvalue weighted by Gasteiger charge is 2.29. The number of benzene rings is 2. The Balaban J connectivity index is 1.38. The molecular formula is C24H23N5O3S. The van der Waals surface area contributed by atoms with Crippen molar-refractivity contribution in [2.45, 2.75) is 31.1 Å². The maximum atomic E-state index is 13.3. The Morgan fingerprint density at radius 2 is 2.09 bits per heavy atom. The number of nitrogens with zero attached hydrogens (tertiary/aromatic N) is 4. The molecule has 1 aliphatic heterocycles. The van der Waals surface area contributed by atoms with Gasteiger partial charge in [0.25, 0.3) is 5.56 Å². The van der Waals surface area contributed by atoms with Crippen molar-refractivity contribution in [1.82, 2.24) is 24.6 Å². The zero-order chi connectivity index (χ0) is 22.9. The van der Waals surface area contributed by atoms with Gasteiger partial charge in [-0.2, -0.15) is 5.10 Å². The fourth-order valence-corrected chi connectivity index (χ4v) is 5.19. The maximum absolute atomic E-state index is 13.3. The van der Waals surface area contributed by atoms with Gasteiger partial charge in [0, 0.05) is 24.3 Å². The molecule has 1 unspecified atom stereocenters. The molecule has 1 N–H and O–H groups in total. The Bertz CT molecular complexity index is 1410. The van der Waals surface area contributed by atoms with Crippen LogP contribution in [0.25, 0.3) is 16.7 Å². The van der Waals surface area contributed by atoms with E-state index in [0.717, 1.165) is 22.6 Å². The number of methoxy groups -OCH3 is 1. The van der Waals surface area contributed by atoms with Crippen LogP contribution in [0.4, 0.5) is 0 Å². The lowest BCUT2D eigenvalue weighted by Crippen LogP contribution is -2.30. The summed E-state index contributed by atoms with van der Waals surface area (Å²) in [7, 11) is 1.61. The second kappa shape index (κ2) is 8.74. The number of thioether (sulfide) groups is 1. The summed E-state index contributed by atoms with van der Waals surface area (Å²) in [6.45, 7) is 2.37.